The summed E-state index contributed by atoms with van der Waals surface area (Å²) in [6.07, 6.45) is 0.963. The van der Waals surface area contributed by atoms with Crippen molar-refractivity contribution in [3.05, 3.63) is 0 Å². The van der Waals surface area contributed by atoms with Crippen molar-refractivity contribution in [2.75, 3.05) is 33.7 Å². The second-order valence-electron chi connectivity index (χ2n) is 3.13. The summed E-state index contributed by atoms with van der Waals surface area (Å²) in [7, 11) is -1.58. The van der Waals surface area contributed by atoms with Crippen LogP contribution in [-0.2, 0) is 17.7 Å². The summed E-state index contributed by atoms with van der Waals surface area (Å²) in [5.41, 5.74) is 0. The van der Waals surface area contributed by atoms with Gasteiger partial charge in [0, 0.05) is 34.0 Å². The SMILES string of the molecule is CCO[Si](O)(O)O.CO[Si](CCCS)(OC)OC. The second-order valence-corrected chi connectivity index (χ2v) is 8.10. The summed E-state index contributed by atoms with van der Waals surface area (Å²) in [5.74, 6) is 0.838. The van der Waals surface area contributed by atoms with Crippen LogP contribution in [0.15, 0.2) is 0 Å². The van der Waals surface area contributed by atoms with E-state index >= 15 is 0 Å². The Morgan fingerprint density at radius 3 is 1.61 bits per heavy atom. The summed E-state index contributed by atoms with van der Waals surface area (Å²) in [4.78, 5) is 24.1. The molecule has 0 saturated heterocycles. The third-order valence-electron chi connectivity index (χ3n) is 1.91. The van der Waals surface area contributed by atoms with Crippen LogP contribution in [-0.4, -0.2) is 65.9 Å². The first-order valence-corrected chi connectivity index (χ1v) is 9.69. The van der Waals surface area contributed by atoms with Gasteiger partial charge in [-0.1, -0.05) is 0 Å². The number of thiol groups is 1. The molecular formula is C8H24O7SSi2. The Kier molecular flexibility index (Phi) is 13.1. The van der Waals surface area contributed by atoms with Crippen LogP contribution in [0.5, 0.6) is 0 Å². The lowest BCUT2D eigenvalue weighted by molar-refractivity contribution is 0.0687. The van der Waals surface area contributed by atoms with Gasteiger partial charge in [0.05, 0.1) is 0 Å². The molecule has 0 saturated carbocycles. The van der Waals surface area contributed by atoms with Crippen molar-refractivity contribution in [3.8, 4) is 0 Å². The van der Waals surface area contributed by atoms with E-state index in [-0.39, 0.29) is 6.61 Å². The Bertz CT molecular complexity index is 179. The van der Waals surface area contributed by atoms with E-state index in [9.17, 15) is 0 Å². The van der Waals surface area contributed by atoms with Crippen molar-refractivity contribution in [2.24, 2.45) is 0 Å². The maximum Gasteiger partial charge on any atom is 0.671 e. The standard InChI is InChI=1S/C6H16O3SSi.C2H8O4Si/c1-7-11(8-2,9-3)6-4-5-10;1-2-6-7(3,4)5/h10H,4-6H2,1-3H3;3-5H,2H2,1H3. The number of hydrogen-bond acceptors (Lipinski definition) is 8. The molecule has 0 atom stereocenters. The fraction of sp³-hybridized carbons (Fsp3) is 1.00. The van der Waals surface area contributed by atoms with Gasteiger partial charge in [-0.15, -0.1) is 0 Å². The van der Waals surface area contributed by atoms with Gasteiger partial charge in [0.25, 0.3) is 0 Å². The van der Waals surface area contributed by atoms with Crippen molar-refractivity contribution in [2.45, 2.75) is 19.4 Å². The van der Waals surface area contributed by atoms with Crippen LogP contribution >= 0.6 is 12.6 Å². The molecule has 0 fully saturated rings. The maximum atomic E-state index is 8.05. The summed E-state index contributed by atoms with van der Waals surface area (Å²) < 4.78 is 19.6. The van der Waals surface area contributed by atoms with Gasteiger partial charge in [-0.25, -0.2) is 0 Å². The minimum atomic E-state index is -4.16. The molecule has 10 heteroatoms. The topological polar surface area (TPSA) is 97.6 Å². The zero-order chi connectivity index (χ0) is 14.7. The lowest BCUT2D eigenvalue weighted by Crippen LogP contribution is -2.42. The summed E-state index contributed by atoms with van der Waals surface area (Å²) in [6.45, 7) is 1.68. The summed E-state index contributed by atoms with van der Waals surface area (Å²) in [6, 6.07) is 0.833. The molecule has 7 nitrogen and oxygen atoms in total. The van der Waals surface area contributed by atoms with Crippen LogP contribution < -0.4 is 0 Å². The monoisotopic (exact) mass is 320 g/mol. The highest BCUT2D eigenvalue weighted by Crippen LogP contribution is 2.14. The maximum absolute atomic E-state index is 8.05. The van der Waals surface area contributed by atoms with Gasteiger partial charge in [-0.2, -0.15) is 12.6 Å². The Morgan fingerprint density at radius 1 is 1.00 bits per heavy atom. The van der Waals surface area contributed by atoms with E-state index in [1.165, 1.54) is 0 Å². The van der Waals surface area contributed by atoms with Crippen molar-refractivity contribution in [1.82, 2.24) is 0 Å². The fourth-order valence-corrected chi connectivity index (χ4v) is 3.61. The molecule has 18 heavy (non-hydrogen) atoms. The fourth-order valence-electron chi connectivity index (χ4n) is 1.05. The number of hydrogen-bond donors (Lipinski definition) is 4. The van der Waals surface area contributed by atoms with Crippen LogP contribution in [0.1, 0.15) is 13.3 Å². The molecule has 0 aromatic rings. The van der Waals surface area contributed by atoms with Crippen LogP contribution in [0.25, 0.3) is 0 Å². The Balaban J connectivity index is 0. The van der Waals surface area contributed by atoms with Crippen molar-refractivity contribution in [1.29, 1.82) is 0 Å². The lowest BCUT2D eigenvalue weighted by atomic mass is 10.6. The van der Waals surface area contributed by atoms with Crippen molar-refractivity contribution >= 4 is 30.5 Å². The van der Waals surface area contributed by atoms with Crippen molar-refractivity contribution < 1.29 is 32.1 Å². The summed E-state index contributed by atoms with van der Waals surface area (Å²) in [5, 5.41) is 0. The first-order chi connectivity index (χ1) is 8.30. The Hall–Kier alpha value is 0.504. The van der Waals surface area contributed by atoms with E-state index in [4.69, 9.17) is 27.7 Å². The van der Waals surface area contributed by atoms with Crippen LogP contribution in [0.3, 0.4) is 0 Å². The van der Waals surface area contributed by atoms with Crippen LogP contribution in [0, 0.1) is 0 Å². The molecule has 0 amide bonds. The van der Waals surface area contributed by atoms with E-state index in [0.29, 0.717) is 0 Å². The molecule has 0 aromatic carbocycles. The molecule has 0 spiro atoms. The third-order valence-corrected chi connectivity index (χ3v) is 5.74. The normalized spacial score (nSPS) is 12.0. The highest BCUT2D eigenvalue weighted by Gasteiger charge is 2.36. The van der Waals surface area contributed by atoms with Crippen LogP contribution in [0.4, 0.5) is 0 Å². The third kappa shape index (κ3) is 11.6. The first kappa shape index (κ1) is 20.8. The predicted molar refractivity (Wildman–Crippen MR) is 74.1 cm³/mol. The molecule has 0 rings (SSSR count). The van der Waals surface area contributed by atoms with E-state index in [1.807, 2.05) is 0 Å². The van der Waals surface area contributed by atoms with E-state index in [2.05, 4.69) is 17.1 Å². The van der Waals surface area contributed by atoms with E-state index in [1.54, 1.807) is 28.3 Å². The second kappa shape index (κ2) is 11.3. The zero-order valence-electron chi connectivity index (χ0n) is 11.3. The molecule has 0 bridgehead atoms. The van der Waals surface area contributed by atoms with Gasteiger partial charge in [0.2, 0.25) is 0 Å². The van der Waals surface area contributed by atoms with Gasteiger partial charge in [0.1, 0.15) is 0 Å². The quantitative estimate of drug-likeness (QED) is 0.357. The average molecular weight is 321 g/mol. The molecule has 0 aliphatic rings. The molecule has 0 aliphatic heterocycles. The van der Waals surface area contributed by atoms with Gasteiger partial charge < -0.3 is 32.1 Å². The first-order valence-electron chi connectivity index (χ1n) is 5.38. The van der Waals surface area contributed by atoms with E-state index < -0.39 is 17.9 Å². The highest BCUT2D eigenvalue weighted by molar-refractivity contribution is 7.80. The minimum Gasteiger partial charge on any atom is -0.377 e. The van der Waals surface area contributed by atoms with Gasteiger partial charge in [-0.05, 0) is 19.1 Å². The largest absolute Gasteiger partial charge is 0.671 e. The lowest BCUT2D eigenvalue weighted by Gasteiger charge is -2.23. The molecular weight excluding hydrogens is 296 g/mol. The van der Waals surface area contributed by atoms with E-state index in [0.717, 1.165) is 18.2 Å². The van der Waals surface area contributed by atoms with Crippen molar-refractivity contribution in [3.63, 3.8) is 0 Å². The molecule has 0 heterocycles. The minimum absolute atomic E-state index is 0.121. The smallest absolute Gasteiger partial charge is 0.377 e. The Morgan fingerprint density at radius 2 is 1.44 bits per heavy atom. The molecule has 0 aromatic heterocycles. The van der Waals surface area contributed by atoms with Gasteiger partial charge in [0.15, 0.2) is 0 Å². The molecule has 112 valence electrons. The number of rotatable bonds is 8. The highest BCUT2D eigenvalue weighted by atomic mass is 32.1. The Labute approximate surface area is 116 Å². The molecule has 0 aliphatic carbocycles. The summed E-state index contributed by atoms with van der Waals surface area (Å²) >= 11 is 4.10. The predicted octanol–water partition coefficient (Wildman–Crippen LogP) is -0.380. The van der Waals surface area contributed by atoms with Gasteiger partial charge in [-0.3, -0.25) is 0 Å². The molecule has 0 unspecified atom stereocenters. The zero-order valence-corrected chi connectivity index (χ0v) is 14.1. The van der Waals surface area contributed by atoms with Gasteiger partial charge >= 0.3 is 17.9 Å². The molecule has 0 radical (unpaired) electrons. The van der Waals surface area contributed by atoms with Crippen LogP contribution in [0.2, 0.25) is 6.04 Å². The molecule has 3 N–H and O–H groups in total. The average Bonchev–Trinajstić information content (AvgIpc) is 2.31.